The molecule has 4 nitrogen and oxygen atoms in total. The molecule has 4 heteroatoms. The molecular formula is C6H15N3O. The van der Waals surface area contributed by atoms with Gasteiger partial charge in [-0.25, -0.2) is 10.2 Å². The first-order valence-electron chi connectivity index (χ1n) is 3.47. The van der Waals surface area contributed by atoms with Crippen LogP contribution in [0.5, 0.6) is 0 Å². The van der Waals surface area contributed by atoms with Gasteiger partial charge in [0.15, 0.2) is 0 Å². The maximum Gasteiger partial charge on any atom is 0.326 e. The van der Waals surface area contributed by atoms with Crippen LogP contribution < -0.4 is 16.6 Å². The third kappa shape index (κ3) is 5.37. The monoisotopic (exact) mass is 145 g/mol. The standard InChI is InChI=1S/C6H15N3O/c1-3-4-5(2)8-9-6(7)10/h5,8H,3-4H2,1-2H3,(H3,7,9,10). The van der Waals surface area contributed by atoms with E-state index in [0.29, 0.717) is 0 Å². The molecule has 1 atom stereocenters. The molecule has 0 spiro atoms. The van der Waals surface area contributed by atoms with Gasteiger partial charge in [-0.2, -0.15) is 0 Å². The van der Waals surface area contributed by atoms with Gasteiger partial charge in [0.25, 0.3) is 0 Å². The lowest BCUT2D eigenvalue weighted by atomic mass is 10.2. The molecule has 10 heavy (non-hydrogen) atoms. The highest BCUT2D eigenvalue weighted by Crippen LogP contribution is 1.91. The number of hydrazine groups is 1. The number of amides is 2. The second-order valence-corrected chi connectivity index (χ2v) is 2.32. The van der Waals surface area contributed by atoms with Gasteiger partial charge in [-0.3, -0.25) is 5.43 Å². The van der Waals surface area contributed by atoms with Gasteiger partial charge in [-0.15, -0.1) is 0 Å². The van der Waals surface area contributed by atoms with E-state index >= 15 is 0 Å². The average Bonchev–Trinajstić information content (AvgIpc) is 1.85. The van der Waals surface area contributed by atoms with Crippen molar-refractivity contribution in [2.24, 2.45) is 5.73 Å². The maximum absolute atomic E-state index is 10.2. The first kappa shape index (κ1) is 9.23. The number of rotatable bonds is 4. The number of hydrogen-bond acceptors (Lipinski definition) is 2. The van der Waals surface area contributed by atoms with Gasteiger partial charge in [-0.1, -0.05) is 13.3 Å². The van der Waals surface area contributed by atoms with Gasteiger partial charge in [0.2, 0.25) is 0 Å². The smallest absolute Gasteiger partial charge is 0.326 e. The summed E-state index contributed by atoms with van der Waals surface area (Å²) in [6.45, 7) is 4.07. The summed E-state index contributed by atoms with van der Waals surface area (Å²) >= 11 is 0. The van der Waals surface area contributed by atoms with Crippen molar-refractivity contribution in [1.29, 1.82) is 0 Å². The Morgan fingerprint density at radius 2 is 2.30 bits per heavy atom. The third-order valence-electron chi connectivity index (χ3n) is 1.16. The lowest BCUT2D eigenvalue weighted by Crippen LogP contribution is -2.45. The van der Waals surface area contributed by atoms with Crippen molar-refractivity contribution >= 4 is 6.03 Å². The predicted octanol–water partition coefficient (Wildman–Crippen LogP) is 0.348. The number of nitrogens with one attached hydrogen (secondary N) is 2. The van der Waals surface area contributed by atoms with E-state index in [1.807, 2.05) is 6.92 Å². The van der Waals surface area contributed by atoms with E-state index in [1.54, 1.807) is 0 Å². The summed E-state index contributed by atoms with van der Waals surface area (Å²) in [4.78, 5) is 10.2. The molecule has 0 aliphatic carbocycles. The fourth-order valence-electron chi connectivity index (χ4n) is 0.700. The van der Waals surface area contributed by atoms with Crippen LogP contribution in [0.2, 0.25) is 0 Å². The first-order valence-corrected chi connectivity index (χ1v) is 3.47. The van der Waals surface area contributed by atoms with Gasteiger partial charge >= 0.3 is 6.03 Å². The van der Waals surface area contributed by atoms with Crippen LogP contribution in [0.15, 0.2) is 0 Å². The minimum Gasteiger partial charge on any atom is -0.351 e. The minimum absolute atomic E-state index is 0.289. The molecule has 0 aromatic carbocycles. The number of primary amides is 1. The lowest BCUT2D eigenvalue weighted by Gasteiger charge is -2.11. The van der Waals surface area contributed by atoms with Gasteiger partial charge in [0.1, 0.15) is 0 Å². The van der Waals surface area contributed by atoms with E-state index < -0.39 is 6.03 Å². The highest BCUT2D eigenvalue weighted by atomic mass is 16.2. The largest absolute Gasteiger partial charge is 0.351 e. The molecule has 60 valence electrons. The second-order valence-electron chi connectivity index (χ2n) is 2.32. The summed E-state index contributed by atoms with van der Waals surface area (Å²) in [6, 6.07) is -0.250. The van der Waals surface area contributed by atoms with Crippen molar-refractivity contribution in [1.82, 2.24) is 10.9 Å². The summed E-state index contributed by atoms with van der Waals surface area (Å²) in [6.07, 6.45) is 2.12. The zero-order chi connectivity index (χ0) is 7.98. The van der Waals surface area contributed by atoms with E-state index in [2.05, 4.69) is 17.8 Å². The highest BCUT2D eigenvalue weighted by Gasteiger charge is 1.98. The molecule has 0 bridgehead atoms. The fourth-order valence-corrected chi connectivity index (χ4v) is 0.700. The SMILES string of the molecule is CCCC(C)NNC(N)=O. The predicted molar refractivity (Wildman–Crippen MR) is 40.2 cm³/mol. The quantitative estimate of drug-likeness (QED) is 0.499. The van der Waals surface area contributed by atoms with Crippen molar-refractivity contribution in [2.75, 3.05) is 0 Å². The molecule has 0 aliphatic heterocycles. The van der Waals surface area contributed by atoms with E-state index in [9.17, 15) is 4.79 Å². The number of hydrogen-bond donors (Lipinski definition) is 3. The van der Waals surface area contributed by atoms with E-state index in [1.165, 1.54) is 0 Å². The van der Waals surface area contributed by atoms with E-state index in [-0.39, 0.29) is 6.04 Å². The highest BCUT2D eigenvalue weighted by molar-refractivity contribution is 5.70. The van der Waals surface area contributed by atoms with Crippen LogP contribution in [-0.4, -0.2) is 12.1 Å². The fraction of sp³-hybridized carbons (Fsp3) is 0.833. The Morgan fingerprint density at radius 1 is 1.70 bits per heavy atom. The Bertz CT molecular complexity index is 105. The van der Waals surface area contributed by atoms with Crippen LogP contribution in [0.25, 0.3) is 0 Å². The van der Waals surface area contributed by atoms with Crippen molar-refractivity contribution in [3.8, 4) is 0 Å². The van der Waals surface area contributed by atoms with Gasteiger partial charge in [0, 0.05) is 6.04 Å². The molecule has 0 saturated heterocycles. The molecule has 0 aromatic heterocycles. The molecule has 0 aromatic rings. The zero-order valence-electron chi connectivity index (χ0n) is 6.48. The Hall–Kier alpha value is -0.770. The third-order valence-corrected chi connectivity index (χ3v) is 1.16. The van der Waals surface area contributed by atoms with Gasteiger partial charge in [-0.05, 0) is 13.3 Å². The van der Waals surface area contributed by atoms with Crippen LogP contribution in [0.3, 0.4) is 0 Å². The summed E-state index contributed by atoms with van der Waals surface area (Å²) < 4.78 is 0. The molecule has 0 heterocycles. The molecule has 0 saturated carbocycles. The zero-order valence-corrected chi connectivity index (χ0v) is 6.48. The van der Waals surface area contributed by atoms with Crippen molar-refractivity contribution in [3.05, 3.63) is 0 Å². The Balaban J connectivity index is 3.21. The van der Waals surface area contributed by atoms with E-state index in [4.69, 9.17) is 5.73 Å². The number of carbonyl (C=O) groups is 1. The molecular weight excluding hydrogens is 130 g/mol. The van der Waals surface area contributed by atoms with Crippen molar-refractivity contribution < 1.29 is 4.79 Å². The molecule has 4 N–H and O–H groups in total. The van der Waals surface area contributed by atoms with Gasteiger partial charge < -0.3 is 5.73 Å². The summed E-state index contributed by atoms with van der Waals surface area (Å²) in [7, 11) is 0. The topological polar surface area (TPSA) is 67.2 Å². The summed E-state index contributed by atoms with van der Waals surface area (Å²) in [5.74, 6) is 0. The first-order chi connectivity index (χ1) is 4.66. The maximum atomic E-state index is 10.2. The minimum atomic E-state index is -0.539. The van der Waals surface area contributed by atoms with Crippen LogP contribution >= 0.6 is 0 Å². The number of nitrogens with two attached hydrogens (primary N) is 1. The van der Waals surface area contributed by atoms with Gasteiger partial charge in [0.05, 0.1) is 0 Å². The number of urea groups is 1. The summed E-state index contributed by atoms with van der Waals surface area (Å²) in [5.41, 5.74) is 9.90. The number of carbonyl (C=O) groups excluding carboxylic acids is 1. The molecule has 0 aliphatic rings. The molecule has 0 radical (unpaired) electrons. The van der Waals surface area contributed by atoms with E-state index in [0.717, 1.165) is 12.8 Å². The van der Waals surface area contributed by atoms with Crippen LogP contribution in [0, 0.1) is 0 Å². The van der Waals surface area contributed by atoms with Crippen LogP contribution in [-0.2, 0) is 0 Å². The van der Waals surface area contributed by atoms with Crippen LogP contribution in [0.1, 0.15) is 26.7 Å². The Morgan fingerprint density at radius 3 is 2.70 bits per heavy atom. The second kappa shape index (κ2) is 5.05. The van der Waals surface area contributed by atoms with Crippen molar-refractivity contribution in [3.63, 3.8) is 0 Å². The molecule has 0 fully saturated rings. The molecule has 1 unspecified atom stereocenters. The normalized spacial score (nSPS) is 12.6. The van der Waals surface area contributed by atoms with Crippen LogP contribution in [0.4, 0.5) is 4.79 Å². The molecule has 2 amide bonds. The Kier molecular flexibility index (Phi) is 4.66. The Labute approximate surface area is 61.1 Å². The molecule has 0 rings (SSSR count). The summed E-state index contributed by atoms with van der Waals surface area (Å²) in [5, 5.41) is 0. The average molecular weight is 145 g/mol. The lowest BCUT2D eigenvalue weighted by molar-refractivity contribution is 0.242. The van der Waals surface area contributed by atoms with Crippen molar-refractivity contribution in [2.45, 2.75) is 32.7 Å².